The highest BCUT2D eigenvalue weighted by Crippen LogP contribution is 2.15. The highest BCUT2D eigenvalue weighted by atomic mass is 16.6. The van der Waals surface area contributed by atoms with E-state index in [1.54, 1.807) is 7.11 Å². The highest BCUT2D eigenvalue weighted by molar-refractivity contribution is 5.73. The molecule has 0 aromatic rings. The van der Waals surface area contributed by atoms with Gasteiger partial charge in [-0.05, 0) is 0 Å². The molecule has 1 unspecified atom stereocenters. The number of aliphatic hydroxyl groups excluding tert-OH is 1. The fraction of sp³-hybridized carbons (Fsp3) is 0.875. The highest BCUT2D eigenvalue weighted by Gasteiger charge is 2.30. The Bertz CT molecular complexity index is 185. The molecule has 0 aliphatic carbocycles. The van der Waals surface area contributed by atoms with Crippen molar-refractivity contribution in [2.24, 2.45) is 0 Å². The first-order chi connectivity index (χ1) is 6.13. The van der Waals surface area contributed by atoms with Crippen LogP contribution in [-0.2, 0) is 14.3 Å². The molecule has 0 saturated carbocycles. The number of hydrogen-bond acceptors (Lipinski definition) is 4. The minimum absolute atomic E-state index is 0.118. The fourth-order valence-electron chi connectivity index (χ4n) is 1.41. The summed E-state index contributed by atoms with van der Waals surface area (Å²) in [6.45, 7) is 1.73. The van der Waals surface area contributed by atoms with Gasteiger partial charge in [0.2, 0.25) is 5.91 Å². The van der Waals surface area contributed by atoms with E-state index in [1.165, 1.54) is 6.92 Å². The molecule has 2 N–H and O–H groups in total. The summed E-state index contributed by atoms with van der Waals surface area (Å²) in [6.07, 6.45) is -0.566. The topological polar surface area (TPSA) is 67.8 Å². The Morgan fingerprint density at radius 2 is 2.38 bits per heavy atom. The average molecular weight is 189 g/mol. The normalized spacial score (nSPS) is 34.2. The first-order valence-electron chi connectivity index (χ1n) is 4.23. The molecule has 13 heavy (non-hydrogen) atoms. The number of hydrogen-bond donors (Lipinski definition) is 2. The number of carbonyl (C=O) groups excluding carboxylic acids is 1. The SMILES string of the molecule is CO[C@H]1CC(O)OC[C@@H]1NC(C)=O. The van der Waals surface area contributed by atoms with Crippen LogP contribution in [0, 0.1) is 0 Å². The van der Waals surface area contributed by atoms with Crippen LogP contribution in [0.3, 0.4) is 0 Å². The van der Waals surface area contributed by atoms with Crippen molar-refractivity contribution in [2.45, 2.75) is 31.8 Å². The second-order valence-corrected chi connectivity index (χ2v) is 3.10. The Balaban J connectivity index is 2.47. The minimum atomic E-state index is -0.782. The van der Waals surface area contributed by atoms with Gasteiger partial charge in [-0.3, -0.25) is 4.79 Å². The van der Waals surface area contributed by atoms with E-state index in [4.69, 9.17) is 14.6 Å². The minimum Gasteiger partial charge on any atom is -0.379 e. The van der Waals surface area contributed by atoms with Gasteiger partial charge in [0.05, 0.1) is 18.8 Å². The van der Waals surface area contributed by atoms with Crippen molar-refractivity contribution >= 4 is 5.91 Å². The molecule has 5 nitrogen and oxygen atoms in total. The summed E-state index contributed by atoms with van der Waals surface area (Å²) in [5, 5.41) is 11.9. The van der Waals surface area contributed by atoms with E-state index in [9.17, 15) is 4.79 Å². The zero-order valence-corrected chi connectivity index (χ0v) is 7.82. The summed E-state index contributed by atoms with van der Waals surface area (Å²) in [5.41, 5.74) is 0. The number of amides is 1. The molecule has 0 aromatic carbocycles. The van der Waals surface area contributed by atoms with E-state index in [2.05, 4.69) is 5.32 Å². The van der Waals surface area contributed by atoms with Gasteiger partial charge in [0.25, 0.3) is 0 Å². The summed E-state index contributed by atoms with van der Waals surface area (Å²) < 4.78 is 10.1. The fourth-order valence-corrected chi connectivity index (χ4v) is 1.41. The molecule has 1 amide bonds. The molecular weight excluding hydrogens is 174 g/mol. The molecule has 0 bridgehead atoms. The first kappa shape index (κ1) is 10.4. The Morgan fingerprint density at radius 3 is 2.92 bits per heavy atom. The molecule has 1 aliphatic rings. The Morgan fingerprint density at radius 1 is 1.69 bits per heavy atom. The van der Waals surface area contributed by atoms with Crippen molar-refractivity contribution in [1.82, 2.24) is 5.32 Å². The van der Waals surface area contributed by atoms with Crippen molar-refractivity contribution in [3.05, 3.63) is 0 Å². The number of nitrogens with one attached hydrogen (secondary N) is 1. The van der Waals surface area contributed by atoms with Crippen molar-refractivity contribution in [3.8, 4) is 0 Å². The molecule has 1 rings (SSSR count). The van der Waals surface area contributed by atoms with Crippen LogP contribution in [0.5, 0.6) is 0 Å². The van der Waals surface area contributed by atoms with Crippen LogP contribution in [0.15, 0.2) is 0 Å². The lowest BCUT2D eigenvalue weighted by molar-refractivity contribution is -0.172. The van der Waals surface area contributed by atoms with Gasteiger partial charge >= 0.3 is 0 Å². The third-order valence-corrected chi connectivity index (χ3v) is 2.04. The summed E-state index contributed by atoms with van der Waals surface area (Å²) in [7, 11) is 1.55. The van der Waals surface area contributed by atoms with Crippen LogP contribution in [0.2, 0.25) is 0 Å². The smallest absolute Gasteiger partial charge is 0.217 e. The van der Waals surface area contributed by atoms with E-state index in [1.807, 2.05) is 0 Å². The van der Waals surface area contributed by atoms with Gasteiger partial charge in [0, 0.05) is 20.5 Å². The number of aliphatic hydroxyl groups is 1. The zero-order chi connectivity index (χ0) is 9.84. The average Bonchev–Trinajstić information content (AvgIpc) is 2.07. The van der Waals surface area contributed by atoms with Crippen molar-refractivity contribution < 1.29 is 19.4 Å². The summed E-state index contributed by atoms with van der Waals surface area (Å²) in [4.78, 5) is 10.8. The van der Waals surface area contributed by atoms with Gasteiger partial charge in [-0.2, -0.15) is 0 Å². The lowest BCUT2D eigenvalue weighted by Crippen LogP contribution is -2.51. The number of ether oxygens (including phenoxy) is 2. The van der Waals surface area contributed by atoms with E-state index in [0.29, 0.717) is 13.0 Å². The van der Waals surface area contributed by atoms with Gasteiger partial charge in [0.1, 0.15) is 0 Å². The number of rotatable bonds is 2. The van der Waals surface area contributed by atoms with Crippen LogP contribution in [0.25, 0.3) is 0 Å². The lowest BCUT2D eigenvalue weighted by atomic mass is 10.1. The Labute approximate surface area is 77.0 Å². The largest absolute Gasteiger partial charge is 0.379 e. The summed E-state index contributed by atoms with van der Waals surface area (Å²) in [6, 6.07) is -0.161. The van der Waals surface area contributed by atoms with Gasteiger partial charge < -0.3 is 19.9 Å². The predicted molar refractivity (Wildman–Crippen MR) is 45.0 cm³/mol. The van der Waals surface area contributed by atoms with Gasteiger partial charge in [-0.15, -0.1) is 0 Å². The number of methoxy groups -OCH3 is 1. The molecule has 0 aromatic heterocycles. The van der Waals surface area contributed by atoms with Gasteiger partial charge in [-0.1, -0.05) is 0 Å². The third kappa shape index (κ3) is 2.95. The Hall–Kier alpha value is -0.650. The molecule has 3 atom stereocenters. The quantitative estimate of drug-likeness (QED) is 0.599. The van der Waals surface area contributed by atoms with Crippen LogP contribution >= 0.6 is 0 Å². The van der Waals surface area contributed by atoms with E-state index < -0.39 is 6.29 Å². The van der Waals surface area contributed by atoms with Crippen LogP contribution < -0.4 is 5.32 Å². The van der Waals surface area contributed by atoms with E-state index >= 15 is 0 Å². The summed E-state index contributed by atoms with van der Waals surface area (Å²) in [5.74, 6) is -0.118. The maximum absolute atomic E-state index is 10.8. The predicted octanol–water partition coefficient (Wildman–Crippen LogP) is -0.755. The molecule has 1 aliphatic heterocycles. The third-order valence-electron chi connectivity index (χ3n) is 2.04. The van der Waals surface area contributed by atoms with Crippen molar-refractivity contribution in [1.29, 1.82) is 0 Å². The Kier molecular flexibility index (Phi) is 3.65. The molecule has 1 saturated heterocycles. The monoisotopic (exact) mass is 189 g/mol. The lowest BCUT2D eigenvalue weighted by Gasteiger charge is -2.33. The summed E-state index contributed by atoms with van der Waals surface area (Å²) >= 11 is 0. The van der Waals surface area contributed by atoms with E-state index in [0.717, 1.165) is 0 Å². The van der Waals surface area contributed by atoms with Crippen molar-refractivity contribution in [2.75, 3.05) is 13.7 Å². The maximum Gasteiger partial charge on any atom is 0.217 e. The molecule has 1 heterocycles. The van der Waals surface area contributed by atoms with Gasteiger partial charge in [-0.25, -0.2) is 0 Å². The van der Waals surface area contributed by atoms with Crippen LogP contribution in [0.1, 0.15) is 13.3 Å². The van der Waals surface area contributed by atoms with Crippen LogP contribution in [-0.4, -0.2) is 43.2 Å². The van der Waals surface area contributed by atoms with Gasteiger partial charge in [0.15, 0.2) is 6.29 Å². The van der Waals surface area contributed by atoms with E-state index in [-0.39, 0.29) is 18.1 Å². The second-order valence-electron chi connectivity index (χ2n) is 3.10. The molecule has 5 heteroatoms. The second kappa shape index (κ2) is 4.55. The first-order valence-corrected chi connectivity index (χ1v) is 4.23. The zero-order valence-electron chi connectivity index (χ0n) is 7.82. The molecular formula is C8H15NO4. The maximum atomic E-state index is 10.8. The van der Waals surface area contributed by atoms with Crippen molar-refractivity contribution in [3.63, 3.8) is 0 Å². The molecule has 1 fully saturated rings. The molecule has 0 spiro atoms. The molecule has 0 radical (unpaired) electrons. The molecule has 76 valence electrons. The van der Waals surface area contributed by atoms with Crippen LogP contribution in [0.4, 0.5) is 0 Å². The standard InChI is InChI=1S/C8H15NO4/c1-5(10)9-6-4-13-8(11)3-7(6)12-2/h6-8,11H,3-4H2,1-2H3,(H,9,10)/t6-,7-,8?/m0/s1. The number of carbonyl (C=O) groups is 1.